The molecule has 0 aliphatic carbocycles. The first kappa shape index (κ1) is 15.7. The van der Waals surface area contributed by atoms with Gasteiger partial charge >= 0.3 is 0 Å². The van der Waals surface area contributed by atoms with Crippen molar-refractivity contribution in [3.8, 4) is 0 Å². The van der Waals surface area contributed by atoms with Crippen molar-refractivity contribution in [2.75, 3.05) is 11.9 Å². The predicted molar refractivity (Wildman–Crippen MR) is 93.0 cm³/mol. The van der Waals surface area contributed by atoms with Crippen LogP contribution < -0.4 is 10.6 Å². The Morgan fingerprint density at radius 1 is 1.08 bits per heavy atom. The average molecular weight is 322 g/mol. The number of carbonyl (C=O) groups excluding carboxylic acids is 2. The van der Waals surface area contributed by atoms with Crippen LogP contribution in [-0.2, 0) is 4.79 Å². The first-order chi connectivity index (χ1) is 11.5. The van der Waals surface area contributed by atoms with Gasteiger partial charge < -0.3 is 10.6 Å². The molecule has 24 heavy (non-hydrogen) atoms. The van der Waals surface area contributed by atoms with Gasteiger partial charge in [-0.25, -0.2) is 0 Å². The molecule has 0 aliphatic heterocycles. The summed E-state index contributed by atoms with van der Waals surface area (Å²) in [4.78, 5) is 24.2. The van der Waals surface area contributed by atoms with Crippen LogP contribution in [0.15, 0.2) is 42.5 Å². The van der Waals surface area contributed by atoms with E-state index in [4.69, 9.17) is 0 Å². The number of H-pyrrole nitrogens is 1. The minimum absolute atomic E-state index is 0.118. The van der Waals surface area contributed by atoms with E-state index in [1.54, 1.807) is 0 Å². The Hall–Kier alpha value is -3.15. The molecule has 2 aromatic carbocycles. The molecule has 6 nitrogen and oxygen atoms in total. The number of carbonyl (C=O) groups is 2. The summed E-state index contributed by atoms with van der Waals surface area (Å²) in [5.41, 5.74) is 3.92. The SMILES string of the molecule is Cc1cc(C)cc(NC(=O)CNC(=O)c2n[nH]c3ccccc23)c1. The van der Waals surface area contributed by atoms with Gasteiger partial charge in [0, 0.05) is 11.1 Å². The van der Waals surface area contributed by atoms with Gasteiger partial charge in [0.15, 0.2) is 5.69 Å². The topological polar surface area (TPSA) is 86.9 Å². The number of hydrogen-bond acceptors (Lipinski definition) is 3. The number of rotatable bonds is 4. The zero-order valence-electron chi connectivity index (χ0n) is 13.5. The van der Waals surface area contributed by atoms with E-state index in [0.717, 1.165) is 27.7 Å². The van der Waals surface area contributed by atoms with E-state index in [1.807, 2.05) is 56.3 Å². The van der Waals surface area contributed by atoms with E-state index in [-0.39, 0.29) is 24.1 Å². The summed E-state index contributed by atoms with van der Waals surface area (Å²) in [6.45, 7) is 3.81. The second kappa shape index (κ2) is 6.54. The van der Waals surface area contributed by atoms with E-state index in [9.17, 15) is 9.59 Å². The van der Waals surface area contributed by atoms with Crippen molar-refractivity contribution in [1.82, 2.24) is 15.5 Å². The smallest absolute Gasteiger partial charge is 0.272 e. The number of fused-ring (bicyclic) bond motifs is 1. The molecule has 0 saturated carbocycles. The summed E-state index contributed by atoms with van der Waals surface area (Å²) in [5.74, 6) is -0.670. The van der Waals surface area contributed by atoms with Crippen LogP contribution in [0.25, 0.3) is 10.9 Å². The molecule has 0 unspecified atom stereocenters. The minimum Gasteiger partial charge on any atom is -0.342 e. The summed E-state index contributed by atoms with van der Waals surface area (Å²) >= 11 is 0. The fraction of sp³-hybridized carbons (Fsp3) is 0.167. The zero-order valence-corrected chi connectivity index (χ0v) is 13.5. The van der Waals surface area contributed by atoms with Gasteiger partial charge in [-0.15, -0.1) is 0 Å². The number of aromatic nitrogens is 2. The van der Waals surface area contributed by atoms with Gasteiger partial charge in [-0.2, -0.15) is 5.10 Å². The van der Waals surface area contributed by atoms with Crippen molar-refractivity contribution in [2.24, 2.45) is 0 Å². The molecule has 3 rings (SSSR count). The lowest BCUT2D eigenvalue weighted by atomic mass is 10.1. The number of para-hydroxylation sites is 1. The van der Waals surface area contributed by atoms with Crippen LogP contribution in [-0.4, -0.2) is 28.6 Å². The molecule has 0 radical (unpaired) electrons. The Morgan fingerprint density at radius 2 is 1.79 bits per heavy atom. The molecule has 0 fully saturated rings. The van der Waals surface area contributed by atoms with Crippen LogP contribution in [0.3, 0.4) is 0 Å². The van der Waals surface area contributed by atoms with Crippen LogP contribution in [0.1, 0.15) is 21.6 Å². The Bertz CT molecular complexity index is 894. The molecular formula is C18H18N4O2. The monoisotopic (exact) mass is 322 g/mol. The molecule has 1 heterocycles. The summed E-state index contributed by atoms with van der Waals surface area (Å²) in [5, 5.41) is 12.9. The van der Waals surface area contributed by atoms with Gasteiger partial charge in [0.2, 0.25) is 5.91 Å². The van der Waals surface area contributed by atoms with Crippen LogP contribution in [0.2, 0.25) is 0 Å². The van der Waals surface area contributed by atoms with Gasteiger partial charge in [-0.05, 0) is 43.2 Å². The van der Waals surface area contributed by atoms with Crippen molar-refractivity contribution < 1.29 is 9.59 Å². The molecule has 1 aromatic heterocycles. The van der Waals surface area contributed by atoms with Crippen molar-refractivity contribution >= 4 is 28.4 Å². The van der Waals surface area contributed by atoms with Crippen LogP contribution in [0, 0.1) is 13.8 Å². The molecule has 0 saturated heterocycles. The second-order valence-electron chi connectivity index (χ2n) is 5.73. The fourth-order valence-electron chi connectivity index (χ4n) is 2.63. The Balaban J connectivity index is 1.62. The molecule has 2 amide bonds. The quantitative estimate of drug-likeness (QED) is 0.690. The van der Waals surface area contributed by atoms with Crippen LogP contribution >= 0.6 is 0 Å². The molecule has 3 aromatic rings. The molecular weight excluding hydrogens is 304 g/mol. The Labute approximate surface area is 139 Å². The molecule has 122 valence electrons. The highest BCUT2D eigenvalue weighted by Gasteiger charge is 2.14. The number of nitrogens with zero attached hydrogens (tertiary/aromatic N) is 1. The number of aryl methyl sites for hydroxylation is 2. The highest BCUT2D eigenvalue weighted by atomic mass is 16.2. The van der Waals surface area contributed by atoms with E-state index in [1.165, 1.54) is 0 Å². The van der Waals surface area contributed by atoms with Crippen LogP contribution in [0.4, 0.5) is 5.69 Å². The van der Waals surface area contributed by atoms with E-state index < -0.39 is 0 Å². The number of anilines is 1. The number of nitrogens with one attached hydrogen (secondary N) is 3. The first-order valence-electron chi connectivity index (χ1n) is 7.62. The summed E-state index contributed by atoms with van der Waals surface area (Å²) in [6, 6.07) is 13.1. The van der Waals surface area contributed by atoms with Crippen molar-refractivity contribution in [1.29, 1.82) is 0 Å². The lowest BCUT2D eigenvalue weighted by molar-refractivity contribution is -0.115. The predicted octanol–water partition coefficient (Wildman–Crippen LogP) is 2.55. The van der Waals surface area contributed by atoms with Crippen molar-refractivity contribution in [2.45, 2.75) is 13.8 Å². The summed E-state index contributed by atoms with van der Waals surface area (Å²) < 4.78 is 0. The summed E-state index contributed by atoms with van der Waals surface area (Å²) in [6.07, 6.45) is 0. The lowest BCUT2D eigenvalue weighted by Gasteiger charge is -2.08. The Kier molecular flexibility index (Phi) is 4.29. The second-order valence-corrected chi connectivity index (χ2v) is 5.73. The number of amides is 2. The van der Waals surface area contributed by atoms with E-state index >= 15 is 0 Å². The standard InChI is InChI=1S/C18H18N4O2/c1-11-7-12(2)9-13(8-11)20-16(23)10-19-18(24)17-14-5-3-4-6-15(14)21-22-17/h3-9H,10H2,1-2H3,(H,19,24)(H,20,23)(H,21,22). The molecule has 0 aliphatic rings. The number of benzene rings is 2. The van der Waals surface area contributed by atoms with Crippen LogP contribution in [0.5, 0.6) is 0 Å². The van der Waals surface area contributed by atoms with Gasteiger partial charge in [-0.3, -0.25) is 14.7 Å². The maximum Gasteiger partial charge on any atom is 0.272 e. The highest BCUT2D eigenvalue weighted by Crippen LogP contribution is 2.15. The third-order valence-corrected chi connectivity index (χ3v) is 3.60. The van der Waals surface area contributed by atoms with Crippen molar-refractivity contribution in [3.63, 3.8) is 0 Å². The van der Waals surface area contributed by atoms with Gasteiger partial charge in [0.25, 0.3) is 5.91 Å². The van der Waals surface area contributed by atoms with Gasteiger partial charge in [0.1, 0.15) is 0 Å². The normalized spacial score (nSPS) is 10.6. The molecule has 0 spiro atoms. The third-order valence-electron chi connectivity index (χ3n) is 3.60. The lowest BCUT2D eigenvalue weighted by Crippen LogP contribution is -2.33. The maximum atomic E-state index is 12.2. The average Bonchev–Trinajstić information content (AvgIpc) is 2.95. The molecule has 3 N–H and O–H groups in total. The number of hydrogen-bond donors (Lipinski definition) is 3. The molecule has 6 heteroatoms. The third kappa shape index (κ3) is 3.43. The first-order valence-corrected chi connectivity index (χ1v) is 7.62. The highest BCUT2D eigenvalue weighted by molar-refractivity contribution is 6.06. The minimum atomic E-state index is -0.386. The van der Waals surface area contributed by atoms with E-state index in [0.29, 0.717) is 0 Å². The fourth-order valence-corrected chi connectivity index (χ4v) is 2.63. The molecule has 0 atom stereocenters. The number of aromatic amines is 1. The summed E-state index contributed by atoms with van der Waals surface area (Å²) in [7, 11) is 0. The largest absolute Gasteiger partial charge is 0.342 e. The van der Waals surface area contributed by atoms with Gasteiger partial charge in [-0.1, -0.05) is 24.3 Å². The Morgan fingerprint density at radius 3 is 2.54 bits per heavy atom. The zero-order chi connectivity index (χ0) is 17.1. The van der Waals surface area contributed by atoms with E-state index in [2.05, 4.69) is 20.8 Å². The molecule has 0 bridgehead atoms. The maximum absolute atomic E-state index is 12.2. The van der Waals surface area contributed by atoms with Gasteiger partial charge in [0.05, 0.1) is 12.1 Å². The van der Waals surface area contributed by atoms with Crippen molar-refractivity contribution in [3.05, 3.63) is 59.3 Å².